The van der Waals surface area contributed by atoms with Crippen LogP contribution in [-0.4, -0.2) is 17.9 Å². The van der Waals surface area contributed by atoms with Gasteiger partial charge in [-0.05, 0) is 60.7 Å². The monoisotopic (exact) mass is 467 g/mol. The van der Waals surface area contributed by atoms with E-state index in [0.717, 1.165) is 33.5 Å². The molecule has 0 aliphatic carbocycles. The average Bonchev–Trinajstić information content (AvgIpc) is 3.26. The highest BCUT2D eigenvalue weighted by atomic mass is 35.5. The number of ether oxygens (including phenoxy) is 2. The highest BCUT2D eigenvalue weighted by Gasteiger charge is 2.26. The number of ketones is 1. The summed E-state index contributed by atoms with van der Waals surface area (Å²) in [5.74, 6) is 1.49. The molecule has 0 atom stereocenters. The van der Waals surface area contributed by atoms with Gasteiger partial charge in [0.25, 0.3) is 0 Å². The number of aromatic nitrogens is 1. The van der Waals surface area contributed by atoms with E-state index < -0.39 is 0 Å². The lowest BCUT2D eigenvalue weighted by atomic mass is 9.95. The van der Waals surface area contributed by atoms with Crippen molar-refractivity contribution in [2.75, 3.05) is 7.11 Å². The second-order valence-corrected chi connectivity index (χ2v) is 8.46. The Morgan fingerprint density at radius 1 is 1.03 bits per heavy atom. The van der Waals surface area contributed by atoms with Gasteiger partial charge in [0.1, 0.15) is 23.7 Å². The molecule has 0 saturated heterocycles. The number of hydrogen-bond acceptors (Lipinski definition) is 5. The smallest absolute Gasteiger partial charge is 0.228 e. The molecule has 0 spiro atoms. The van der Waals surface area contributed by atoms with Crippen LogP contribution in [0.5, 0.6) is 11.5 Å². The molecule has 5 nitrogen and oxygen atoms in total. The fourth-order valence-electron chi connectivity index (χ4n) is 4.33. The molecule has 1 aliphatic heterocycles. The molecular weight excluding hydrogens is 450 g/mol. The van der Waals surface area contributed by atoms with Crippen LogP contribution in [0.1, 0.15) is 21.7 Å². The minimum atomic E-state index is -0.232. The lowest BCUT2D eigenvalue weighted by Crippen LogP contribution is -2.07. The topological polar surface area (TPSA) is 61.6 Å². The van der Waals surface area contributed by atoms with Crippen LogP contribution in [0.25, 0.3) is 33.4 Å². The minimum absolute atomic E-state index is 0.232. The number of nitrogens with zero attached hydrogens (tertiary/aromatic N) is 1. The number of para-hydroxylation sites is 1. The van der Waals surface area contributed by atoms with E-state index in [0.29, 0.717) is 34.1 Å². The van der Waals surface area contributed by atoms with E-state index in [4.69, 9.17) is 30.5 Å². The highest BCUT2D eigenvalue weighted by molar-refractivity contribution is 6.31. The first-order chi connectivity index (χ1) is 16.6. The third-order valence-electron chi connectivity index (χ3n) is 5.99. The molecule has 0 unspecified atom stereocenters. The molecule has 34 heavy (non-hydrogen) atoms. The first-order valence-corrected chi connectivity index (χ1v) is 11.1. The standard InChI is InChI=1S/C28H18ClNO4/c1-32-20-9-6-16(7-10-20)27(31)28-25(22-13-19(29)8-11-24(22)34-28)17-12-18-15-33-23-5-3-2-4-21(23)26(18)30-14-17/h2-14H,15H2,1H3. The largest absolute Gasteiger partial charge is 0.497 e. The third kappa shape index (κ3) is 3.33. The second kappa shape index (κ2) is 8.04. The van der Waals surface area contributed by atoms with Gasteiger partial charge in [-0.3, -0.25) is 9.78 Å². The molecule has 0 radical (unpaired) electrons. The number of pyridine rings is 1. The van der Waals surface area contributed by atoms with Gasteiger partial charge in [-0.1, -0.05) is 23.7 Å². The average molecular weight is 468 g/mol. The van der Waals surface area contributed by atoms with Gasteiger partial charge in [-0.15, -0.1) is 0 Å². The zero-order valence-corrected chi connectivity index (χ0v) is 18.9. The van der Waals surface area contributed by atoms with Crippen LogP contribution in [0, 0.1) is 0 Å². The summed E-state index contributed by atoms with van der Waals surface area (Å²) >= 11 is 6.31. The Hall–Kier alpha value is -4.09. The minimum Gasteiger partial charge on any atom is -0.497 e. The van der Waals surface area contributed by atoms with E-state index in [2.05, 4.69) is 0 Å². The zero-order valence-electron chi connectivity index (χ0n) is 18.2. The zero-order chi connectivity index (χ0) is 23.2. The molecule has 3 heterocycles. The predicted molar refractivity (Wildman–Crippen MR) is 131 cm³/mol. The van der Waals surface area contributed by atoms with Gasteiger partial charge in [0.05, 0.1) is 12.8 Å². The van der Waals surface area contributed by atoms with Crippen molar-refractivity contribution in [3.05, 3.63) is 101 Å². The molecule has 6 heteroatoms. The number of furan rings is 1. The van der Waals surface area contributed by atoms with E-state index in [1.54, 1.807) is 49.7 Å². The summed E-state index contributed by atoms with van der Waals surface area (Å²) in [6.45, 7) is 0.394. The maximum absolute atomic E-state index is 13.5. The van der Waals surface area contributed by atoms with E-state index in [9.17, 15) is 4.79 Å². The Labute approximate surface area is 200 Å². The van der Waals surface area contributed by atoms with Crippen molar-refractivity contribution in [2.24, 2.45) is 0 Å². The molecule has 0 amide bonds. The van der Waals surface area contributed by atoms with E-state index in [1.165, 1.54) is 0 Å². The lowest BCUT2D eigenvalue weighted by Gasteiger charge is -2.20. The number of rotatable bonds is 4. The molecule has 0 fully saturated rings. The Morgan fingerprint density at radius 2 is 1.85 bits per heavy atom. The summed E-state index contributed by atoms with van der Waals surface area (Å²) in [7, 11) is 1.59. The van der Waals surface area contributed by atoms with Gasteiger partial charge in [0.2, 0.25) is 5.78 Å². The van der Waals surface area contributed by atoms with E-state index >= 15 is 0 Å². The Kier molecular flexibility index (Phi) is 4.85. The Bertz CT molecular complexity index is 1570. The van der Waals surface area contributed by atoms with Crippen molar-refractivity contribution in [3.63, 3.8) is 0 Å². The van der Waals surface area contributed by atoms with Gasteiger partial charge >= 0.3 is 0 Å². The van der Waals surface area contributed by atoms with Crippen molar-refractivity contribution in [3.8, 4) is 33.9 Å². The molecule has 166 valence electrons. The SMILES string of the molecule is COc1ccc(C(=O)c2oc3ccc(Cl)cc3c2-c2cnc3c(c2)COc2ccccc2-3)cc1. The molecule has 2 aromatic heterocycles. The Morgan fingerprint density at radius 3 is 2.68 bits per heavy atom. The molecule has 0 bridgehead atoms. The number of methoxy groups -OCH3 is 1. The van der Waals surface area contributed by atoms with Crippen molar-refractivity contribution in [1.82, 2.24) is 4.98 Å². The van der Waals surface area contributed by atoms with Crippen molar-refractivity contribution in [2.45, 2.75) is 6.61 Å². The summed E-state index contributed by atoms with van der Waals surface area (Å²) in [6.07, 6.45) is 1.77. The lowest BCUT2D eigenvalue weighted by molar-refractivity contribution is 0.101. The van der Waals surface area contributed by atoms with E-state index in [1.807, 2.05) is 36.4 Å². The molecule has 5 aromatic rings. The Balaban J connectivity index is 1.53. The van der Waals surface area contributed by atoms with Crippen LogP contribution in [0.15, 0.2) is 83.4 Å². The van der Waals surface area contributed by atoms with Gasteiger partial charge in [0, 0.05) is 44.4 Å². The van der Waals surface area contributed by atoms with Crippen LogP contribution >= 0.6 is 11.6 Å². The number of benzene rings is 3. The maximum Gasteiger partial charge on any atom is 0.228 e. The molecular formula is C28H18ClNO4. The van der Waals surface area contributed by atoms with Crippen molar-refractivity contribution < 1.29 is 18.7 Å². The summed E-state index contributed by atoms with van der Waals surface area (Å²) in [5.41, 5.74) is 5.26. The molecule has 6 rings (SSSR count). The summed E-state index contributed by atoms with van der Waals surface area (Å²) in [5, 5.41) is 1.31. The number of hydrogen-bond donors (Lipinski definition) is 0. The fraction of sp³-hybridized carbons (Fsp3) is 0.0714. The van der Waals surface area contributed by atoms with Gasteiger partial charge in [0.15, 0.2) is 5.76 Å². The van der Waals surface area contributed by atoms with Crippen LogP contribution in [0.4, 0.5) is 0 Å². The second-order valence-electron chi connectivity index (χ2n) is 8.02. The number of halogens is 1. The summed E-state index contributed by atoms with van der Waals surface area (Å²) in [4.78, 5) is 18.3. The number of carbonyl (C=O) groups is 1. The van der Waals surface area contributed by atoms with Crippen molar-refractivity contribution >= 4 is 28.4 Å². The van der Waals surface area contributed by atoms with Crippen LogP contribution < -0.4 is 9.47 Å². The third-order valence-corrected chi connectivity index (χ3v) is 6.22. The molecule has 1 aliphatic rings. The first-order valence-electron chi connectivity index (χ1n) is 10.7. The van der Waals surface area contributed by atoms with Gasteiger partial charge in [-0.25, -0.2) is 0 Å². The maximum atomic E-state index is 13.5. The van der Waals surface area contributed by atoms with Gasteiger partial charge < -0.3 is 13.9 Å². The fourth-order valence-corrected chi connectivity index (χ4v) is 4.51. The predicted octanol–water partition coefficient (Wildman–Crippen LogP) is 6.95. The summed E-state index contributed by atoms with van der Waals surface area (Å²) < 4.78 is 17.2. The van der Waals surface area contributed by atoms with Crippen LogP contribution in [-0.2, 0) is 6.61 Å². The first kappa shape index (κ1) is 20.5. The normalized spacial score (nSPS) is 12.1. The van der Waals surface area contributed by atoms with Crippen LogP contribution in [0.2, 0.25) is 5.02 Å². The quantitative estimate of drug-likeness (QED) is 0.268. The van der Waals surface area contributed by atoms with Crippen molar-refractivity contribution in [1.29, 1.82) is 0 Å². The number of fused-ring (bicyclic) bond motifs is 4. The molecule has 0 N–H and O–H groups in total. The molecule has 3 aromatic carbocycles. The summed E-state index contributed by atoms with van der Waals surface area (Å²) in [6, 6.07) is 22.1. The molecule has 0 saturated carbocycles. The highest BCUT2D eigenvalue weighted by Crippen LogP contribution is 2.41. The van der Waals surface area contributed by atoms with Crippen LogP contribution in [0.3, 0.4) is 0 Å². The van der Waals surface area contributed by atoms with Gasteiger partial charge in [-0.2, -0.15) is 0 Å². The van der Waals surface area contributed by atoms with E-state index in [-0.39, 0.29) is 11.5 Å². The number of carbonyl (C=O) groups excluding carboxylic acids is 1.